The molecular weight excluding hydrogens is 272 g/mol. The molecule has 0 saturated carbocycles. The fourth-order valence-corrected chi connectivity index (χ4v) is 2.83. The van der Waals surface area contributed by atoms with Crippen molar-refractivity contribution in [1.29, 1.82) is 0 Å². The highest BCUT2D eigenvalue weighted by Gasteiger charge is 2.22. The molecule has 2 heterocycles. The molecule has 0 aliphatic rings. The standard InChI is InChI=1S/C9H14N6O3S/c1-6-13-7(18-14-6)3-4-12-19(16,17)9-8(10)11-5-15(9)2/h5,12H,3-4,10H2,1-2H3. The number of nitrogens with two attached hydrogens (primary N) is 1. The van der Waals surface area contributed by atoms with Gasteiger partial charge in [0.05, 0.1) is 6.33 Å². The van der Waals surface area contributed by atoms with Crippen LogP contribution in [0.2, 0.25) is 0 Å². The number of anilines is 1. The number of aryl methyl sites for hydroxylation is 2. The molecule has 104 valence electrons. The summed E-state index contributed by atoms with van der Waals surface area (Å²) in [6, 6.07) is 0. The van der Waals surface area contributed by atoms with Gasteiger partial charge < -0.3 is 14.8 Å². The van der Waals surface area contributed by atoms with E-state index < -0.39 is 10.0 Å². The summed E-state index contributed by atoms with van der Waals surface area (Å²) in [6.45, 7) is 1.82. The fraction of sp³-hybridized carbons (Fsp3) is 0.444. The number of aromatic nitrogens is 4. The predicted molar refractivity (Wildman–Crippen MR) is 65.5 cm³/mol. The van der Waals surface area contributed by atoms with Crippen molar-refractivity contribution in [3.63, 3.8) is 0 Å². The molecule has 2 aromatic rings. The first-order chi connectivity index (χ1) is 8.90. The zero-order valence-corrected chi connectivity index (χ0v) is 11.3. The molecule has 0 atom stereocenters. The normalized spacial score (nSPS) is 11.9. The zero-order valence-electron chi connectivity index (χ0n) is 10.5. The number of hydrogen-bond donors (Lipinski definition) is 2. The summed E-state index contributed by atoms with van der Waals surface area (Å²) < 4.78 is 32.6. The average molecular weight is 286 g/mol. The van der Waals surface area contributed by atoms with Crippen molar-refractivity contribution >= 4 is 15.8 Å². The van der Waals surface area contributed by atoms with Gasteiger partial charge in [-0.1, -0.05) is 5.16 Å². The van der Waals surface area contributed by atoms with Gasteiger partial charge in [0.2, 0.25) is 5.89 Å². The summed E-state index contributed by atoms with van der Waals surface area (Å²) in [5.41, 5.74) is 5.52. The van der Waals surface area contributed by atoms with Crippen LogP contribution in [0.25, 0.3) is 0 Å². The lowest BCUT2D eigenvalue weighted by Crippen LogP contribution is -2.28. The highest BCUT2D eigenvalue weighted by Crippen LogP contribution is 2.14. The maximum atomic E-state index is 12.0. The van der Waals surface area contributed by atoms with Crippen LogP contribution in [0.3, 0.4) is 0 Å². The predicted octanol–water partition coefficient (Wildman–Crippen LogP) is -0.785. The molecule has 0 unspecified atom stereocenters. The second-order valence-corrected chi connectivity index (χ2v) is 5.61. The van der Waals surface area contributed by atoms with Crippen molar-refractivity contribution in [3.8, 4) is 0 Å². The Hall–Kier alpha value is -1.94. The Labute approximate surface area is 109 Å². The van der Waals surface area contributed by atoms with Gasteiger partial charge in [0, 0.05) is 20.0 Å². The van der Waals surface area contributed by atoms with Gasteiger partial charge in [0.15, 0.2) is 16.7 Å². The Morgan fingerprint density at radius 1 is 1.53 bits per heavy atom. The van der Waals surface area contributed by atoms with Crippen molar-refractivity contribution in [1.82, 2.24) is 24.4 Å². The van der Waals surface area contributed by atoms with Crippen LogP contribution in [0.5, 0.6) is 0 Å². The molecule has 2 rings (SSSR count). The molecule has 0 spiro atoms. The van der Waals surface area contributed by atoms with Crippen LogP contribution in [0.15, 0.2) is 15.9 Å². The van der Waals surface area contributed by atoms with E-state index in [1.165, 1.54) is 10.9 Å². The van der Waals surface area contributed by atoms with Crippen LogP contribution in [-0.4, -0.2) is 34.7 Å². The van der Waals surface area contributed by atoms with Crippen molar-refractivity contribution in [2.45, 2.75) is 18.4 Å². The number of nitrogen functional groups attached to an aromatic ring is 1. The molecule has 0 aliphatic carbocycles. The fourth-order valence-electron chi connectivity index (χ4n) is 1.57. The van der Waals surface area contributed by atoms with Crippen LogP contribution in [-0.2, 0) is 23.5 Å². The molecule has 19 heavy (non-hydrogen) atoms. The Kier molecular flexibility index (Phi) is 3.53. The SMILES string of the molecule is Cc1noc(CCNS(=O)(=O)c2c(N)ncn2C)n1. The van der Waals surface area contributed by atoms with E-state index in [-0.39, 0.29) is 17.4 Å². The van der Waals surface area contributed by atoms with E-state index in [2.05, 4.69) is 19.8 Å². The van der Waals surface area contributed by atoms with Gasteiger partial charge in [0.25, 0.3) is 10.0 Å². The van der Waals surface area contributed by atoms with E-state index in [9.17, 15) is 8.42 Å². The van der Waals surface area contributed by atoms with Crippen molar-refractivity contribution in [3.05, 3.63) is 18.0 Å². The summed E-state index contributed by atoms with van der Waals surface area (Å²) >= 11 is 0. The molecular formula is C9H14N6O3S. The highest BCUT2D eigenvalue weighted by atomic mass is 32.2. The smallest absolute Gasteiger partial charge is 0.260 e. The average Bonchev–Trinajstić information content (AvgIpc) is 2.86. The van der Waals surface area contributed by atoms with Gasteiger partial charge in [0.1, 0.15) is 0 Å². The van der Waals surface area contributed by atoms with E-state index in [1.54, 1.807) is 14.0 Å². The largest absolute Gasteiger partial charge is 0.381 e. The van der Waals surface area contributed by atoms with E-state index in [0.29, 0.717) is 18.1 Å². The third kappa shape index (κ3) is 2.90. The maximum Gasteiger partial charge on any atom is 0.260 e. The van der Waals surface area contributed by atoms with Crippen molar-refractivity contribution in [2.75, 3.05) is 12.3 Å². The second kappa shape index (κ2) is 4.97. The maximum absolute atomic E-state index is 12.0. The van der Waals surface area contributed by atoms with Crippen LogP contribution >= 0.6 is 0 Å². The van der Waals surface area contributed by atoms with Crippen LogP contribution in [0.1, 0.15) is 11.7 Å². The Morgan fingerprint density at radius 3 is 2.79 bits per heavy atom. The zero-order chi connectivity index (χ0) is 14.0. The van der Waals surface area contributed by atoms with Gasteiger partial charge in [-0.25, -0.2) is 18.1 Å². The topological polar surface area (TPSA) is 129 Å². The molecule has 2 aromatic heterocycles. The molecule has 0 radical (unpaired) electrons. The van der Waals surface area contributed by atoms with Crippen molar-refractivity contribution < 1.29 is 12.9 Å². The lowest BCUT2D eigenvalue weighted by Gasteiger charge is -2.06. The van der Waals surface area contributed by atoms with Crippen LogP contribution in [0, 0.1) is 6.92 Å². The summed E-state index contributed by atoms with van der Waals surface area (Å²) in [5.74, 6) is 0.843. The molecule has 3 N–H and O–H groups in total. The molecule has 0 amide bonds. The number of sulfonamides is 1. The quantitative estimate of drug-likeness (QED) is 0.737. The van der Waals surface area contributed by atoms with Gasteiger partial charge in [-0.3, -0.25) is 0 Å². The third-order valence-corrected chi connectivity index (χ3v) is 3.95. The molecule has 10 heteroatoms. The Balaban J connectivity index is 2.03. The minimum absolute atomic E-state index is 0.0383. The van der Waals surface area contributed by atoms with Crippen LogP contribution < -0.4 is 10.5 Å². The monoisotopic (exact) mass is 286 g/mol. The lowest BCUT2D eigenvalue weighted by molar-refractivity contribution is 0.375. The van der Waals surface area contributed by atoms with E-state index in [4.69, 9.17) is 10.3 Å². The summed E-state index contributed by atoms with van der Waals surface area (Å²) in [5, 5.41) is 3.55. The Bertz CT molecular complexity index is 654. The van der Waals surface area contributed by atoms with Gasteiger partial charge >= 0.3 is 0 Å². The van der Waals surface area contributed by atoms with E-state index >= 15 is 0 Å². The molecule has 0 fully saturated rings. The first-order valence-electron chi connectivity index (χ1n) is 5.46. The molecule has 0 aliphatic heterocycles. The van der Waals surface area contributed by atoms with Gasteiger partial charge in [-0.15, -0.1) is 0 Å². The number of imidazole rings is 1. The van der Waals surface area contributed by atoms with E-state index in [1.807, 2.05) is 0 Å². The lowest BCUT2D eigenvalue weighted by atomic mass is 10.4. The minimum atomic E-state index is -3.71. The van der Waals surface area contributed by atoms with E-state index in [0.717, 1.165) is 0 Å². The van der Waals surface area contributed by atoms with Gasteiger partial charge in [-0.2, -0.15) is 4.98 Å². The summed E-state index contributed by atoms with van der Waals surface area (Å²) in [4.78, 5) is 7.71. The number of hydrogen-bond acceptors (Lipinski definition) is 7. The minimum Gasteiger partial charge on any atom is -0.381 e. The molecule has 0 bridgehead atoms. The van der Waals surface area contributed by atoms with Gasteiger partial charge in [-0.05, 0) is 6.92 Å². The number of rotatable bonds is 5. The second-order valence-electron chi connectivity index (χ2n) is 3.93. The van der Waals surface area contributed by atoms with Crippen LogP contribution in [0.4, 0.5) is 5.82 Å². The first-order valence-corrected chi connectivity index (χ1v) is 6.94. The summed E-state index contributed by atoms with van der Waals surface area (Å²) in [7, 11) is -2.15. The molecule has 0 saturated heterocycles. The van der Waals surface area contributed by atoms with Crippen molar-refractivity contribution in [2.24, 2.45) is 7.05 Å². The number of nitrogens with zero attached hydrogens (tertiary/aromatic N) is 4. The molecule has 0 aromatic carbocycles. The third-order valence-electron chi connectivity index (χ3n) is 2.36. The first kappa shape index (κ1) is 13.5. The summed E-state index contributed by atoms with van der Waals surface area (Å²) in [6.07, 6.45) is 1.64. The highest BCUT2D eigenvalue weighted by molar-refractivity contribution is 7.89. The number of nitrogens with one attached hydrogen (secondary N) is 1. The molecule has 9 nitrogen and oxygen atoms in total. The Morgan fingerprint density at radius 2 is 2.26 bits per heavy atom.